The van der Waals surface area contributed by atoms with Crippen LogP contribution < -0.4 is 11.5 Å². The summed E-state index contributed by atoms with van der Waals surface area (Å²) in [6.07, 6.45) is 12.0. The van der Waals surface area contributed by atoms with E-state index in [1.54, 1.807) is 5.57 Å². The molecule has 0 aromatic heterocycles. The molecule has 0 aromatic carbocycles. The third-order valence-electron chi connectivity index (χ3n) is 9.85. The molecule has 2 unspecified atom stereocenters. The SMILES string of the molecule is CC(C)[C@H]1CC[C@H]2C3[C@H](OCCN)CC4=CC(OCCN)CC[C@]4(C)[C@H]3CC[C@]12C. The number of fused-ring (bicyclic) bond motifs is 5. The number of ether oxygens (including phenoxy) is 2. The second kappa shape index (κ2) is 8.84. The van der Waals surface area contributed by atoms with Crippen molar-refractivity contribution in [2.75, 3.05) is 26.3 Å². The van der Waals surface area contributed by atoms with Crippen LogP contribution in [0.1, 0.15) is 72.6 Å². The van der Waals surface area contributed by atoms with Crippen molar-refractivity contribution in [3.05, 3.63) is 11.6 Å². The molecule has 3 saturated carbocycles. The summed E-state index contributed by atoms with van der Waals surface area (Å²) in [6.45, 7) is 12.6. The number of hydrogen-bond acceptors (Lipinski definition) is 4. The van der Waals surface area contributed by atoms with Gasteiger partial charge in [0.1, 0.15) is 0 Å². The van der Waals surface area contributed by atoms with Crippen molar-refractivity contribution >= 4 is 0 Å². The molecule has 0 aliphatic heterocycles. The minimum Gasteiger partial charge on any atom is -0.376 e. The fourth-order valence-corrected chi connectivity index (χ4v) is 8.51. The molecule has 0 heterocycles. The lowest BCUT2D eigenvalue weighted by Gasteiger charge is -2.61. The van der Waals surface area contributed by atoms with Gasteiger partial charge in [-0.25, -0.2) is 0 Å². The Balaban J connectivity index is 1.65. The predicted octanol–water partition coefficient (Wildman–Crippen LogP) is 4.52. The highest BCUT2D eigenvalue weighted by molar-refractivity contribution is 5.27. The van der Waals surface area contributed by atoms with E-state index in [1.807, 2.05) is 0 Å². The average Bonchev–Trinajstić information content (AvgIpc) is 3.08. The van der Waals surface area contributed by atoms with E-state index < -0.39 is 0 Å². The summed E-state index contributed by atoms with van der Waals surface area (Å²) >= 11 is 0. The molecule has 3 fully saturated rings. The summed E-state index contributed by atoms with van der Waals surface area (Å²) in [5.74, 6) is 3.87. The summed E-state index contributed by atoms with van der Waals surface area (Å²) in [4.78, 5) is 0. The van der Waals surface area contributed by atoms with Gasteiger partial charge in [-0.3, -0.25) is 0 Å². The van der Waals surface area contributed by atoms with E-state index in [2.05, 4.69) is 33.8 Å². The van der Waals surface area contributed by atoms with Crippen LogP contribution in [0.25, 0.3) is 0 Å². The van der Waals surface area contributed by atoms with Crippen LogP contribution in [0.4, 0.5) is 0 Å². The maximum Gasteiger partial charge on any atom is 0.0759 e. The molecule has 4 N–H and O–H groups in total. The van der Waals surface area contributed by atoms with Crippen LogP contribution >= 0.6 is 0 Å². The molecular formula is C26H46N2O2. The normalized spacial score (nSPS) is 45.6. The van der Waals surface area contributed by atoms with Gasteiger partial charge in [-0.1, -0.05) is 39.3 Å². The van der Waals surface area contributed by atoms with Gasteiger partial charge in [-0.05, 0) is 85.4 Å². The Morgan fingerprint density at radius 1 is 0.967 bits per heavy atom. The molecule has 4 rings (SSSR count). The van der Waals surface area contributed by atoms with Crippen molar-refractivity contribution in [2.24, 2.45) is 51.9 Å². The average molecular weight is 419 g/mol. The van der Waals surface area contributed by atoms with E-state index in [4.69, 9.17) is 20.9 Å². The Bertz CT molecular complexity index is 635. The molecule has 0 spiro atoms. The van der Waals surface area contributed by atoms with Crippen molar-refractivity contribution in [2.45, 2.75) is 84.8 Å². The summed E-state index contributed by atoms with van der Waals surface area (Å²) in [5.41, 5.74) is 14.0. The van der Waals surface area contributed by atoms with Crippen LogP contribution in [0.5, 0.6) is 0 Å². The van der Waals surface area contributed by atoms with Gasteiger partial charge in [0, 0.05) is 13.1 Å². The van der Waals surface area contributed by atoms with Crippen LogP contribution in [-0.2, 0) is 9.47 Å². The number of nitrogens with two attached hydrogens (primary N) is 2. The minimum absolute atomic E-state index is 0.231. The molecule has 30 heavy (non-hydrogen) atoms. The van der Waals surface area contributed by atoms with E-state index in [1.165, 1.54) is 32.1 Å². The minimum atomic E-state index is 0.231. The van der Waals surface area contributed by atoms with E-state index >= 15 is 0 Å². The van der Waals surface area contributed by atoms with Gasteiger partial charge in [0.2, 0.25) is 0 Å². The first-order valence-corrected chi connectivity index (χ1v) is 12.7. The third-order valence-corrected chi connectivity index (χ3v) is 9.85. The molecule has 0 radical (unpaired) electrons. The molecule has 0 bridgehead atoms. The lowest BCUT2D eigenvalue weighted by molar-refractivity contribution is -0.134. The smallest absolute Gasteiger partial charge is 0.0759 e. The van der Waals surface area contributed by atoms with E-state index in [0.717, 1.165) is 36.5 Å². The van der Waals surface area contributed by atoms with Gasteiger partial charge in [0.05, 0.1) is 25.4 Å². The van der Waals surface area contributed by atoms with Crippen LogP contribution in [0, 0.1) is 40.4 Å². The predicted molar refractivity (Wildman–Crippen MR) is 123 cm³/mol. The molecule has 172 valence electrons. The van der Waals surface area contributed by atoms with Crippen molar-refractivity contribution in [3.63, 3.8) is 0 Å². The number of hydrogen-bond donors (Lipinski definition) is 2. The van der Waals surface area contributed by atoms with Gasteiger partial charge in [0.25, 0.3) is 0 Å². The van der Waals surface area contributed by atoms with Gasteiger partial charge >= 0.3 is 0 Å². The van der Waals surface area contributed by atoms with Crippen molar-refractivity contribution in [3.8, 4) is 0 Å². The Hall–Kier alpha value is -0.420. The van der Waals surface area contributed by atoms with Crippen LogP contribution in [0.3, 0.4) is 0 Å². The summed E-state index contributed by atoms with van der Waals surface area (Å²) in [7, 11) is 0. The van der Waals surface area contributed by atoms with E-state index in [0.29, 0.717) is 49.2 Å². The second-order valence-electron chi connectivity index (χ2n) is 11.5. The highest BCUT2D eigenvalue weighted by Crippen LogP contribution is 2.68. The Morgan fingerprint density at radius 3 is 2.40 bits per heavy atom. The topological polar surface area (TPSA) is 70.5 Å². The molecule has 0 aromatic rings. The third kappa shape index (κ3) is 3.70. The summed E-state index contributed by atoms with van der Waals surface area (Å²) < 4.78 is 12.6. The zero-order chi connectivity index (χ0) is 21.5. The maximum atomic E-state index is 6.53. The van der Waals surface area contributed by atoms with Crippen molar-refractivity contribution in [1.29, 1.82) is 0 Å². The largest absolute Gasteiger partial charge is 0.376 e. The Kier molecular flexibility index (Phi) is 6.71. The highest BCUT2D eigenvalue weighted by atomic mass is 16.5. The quantitative estimate of drug-likeness (QED) is 0.596. The summed E-state index contributed by atoms with van der Waals surface area (Å²) in [6, 6.07) is 0. The second-order valence-corrected chi connectivity index (χ2v) is 11.5. The molecule has 4 nitrogen and oxygen atoms in total. The van der Waals surface area contributed by atoms with Crippen LogP contribution in [-0.4, -0.2) is 38.5 Å². The fourth-order valence-electron chi connectivity index (χ4n) is 8.51. The highest BCUT2D eigenvalue weighted by Gasteiger charge is 2.61. The first kappa shape index (κ1) is 22.8. The number of rotatable bonds is 7. The van der Waals surface area contributed by atoms with E-state index in [9.17, 15) is 0 Å². The lowest BCUT2D eigenvalue weighted by Crippen LogP contribution is -2.56. The molecule has 8 atom stereocenters. The van der Waals surface area contributed by atoms with Gasteiger partial charge in [0.15, 0.2) is 0 Å². The van der Waals surface area contributed by atoms with Gasteiger partial charge in [-0.15, -0.1) is 0 Å². The zero-order valence-corrected chi connectivity index (χ0v) is 19.9. The first-order chi connectivity index (χ1) is 14.3. The standard InChI is InChI=1S/C26H46N2O2/c1-17(2)20-5-6-21-24-22(8-10-26(20,21)4)25(3)9-7-19(29-13-11-27)15-18(25)16-23(24)30-14-12-28/h15,17,19-24H,5-14,16,27-28H2,1-4H3/t19?,20-,21+,22+,23-,24?,25+,26-/m1/s1. The van der Waals surface area contributed by atoms with Crippen molar-refractivity contribution < 1.29 is 9.47 Å². The molecule has 4 aliphatic rings. The molecule has 0 saturated heterocycles. The molecule has 4 heteroatoms. The summed E-state index contributed by atoms with van der Waals surface area (Å²) in [5, 5.41) is 0. The van der Waals surface area contributed by atoms with Gasteiger partial charge < -0.3 is 20.9 Å². The van der Waals surface area contributed by atoms with Crippen molar-refractivity contribution in [1.82, 2.24) is 0 Å². The van der Waals surface area contributed by atoms with Crippen LogP contribution in [0.15, 0.2) is 11.6 Å². The first-order valence-electron chi connectivity index (χ1n) is 12.7. The fraction of sp³-hybridized carbons (Fsp3) is 0.923. The molecule has 0 amide bonds. The monoisotopic (exact) mass is 418 g/mol. The van der Waals surface area contributed by atoms with Gasteiger partial charge in [-0.2, -0.15) is 0 Å². The molecular weight excluding hydrogens is 372 g/mol. The Labute approximate surface area is 184 Å². The zero-order valence-electron chi connectivity index (χ0n) is 19.9. The van der Waals surface area contributed by atoms with Crippen LogP contribution in [0.2, 0.25) is 0 Å². The maximum absolute atomic E-state index is 6.53. The molecule has 4 aliphatic carbocycles. The Morgan fingerprint density at radius 2 is 1.70 bits per heavy atom. The lowest BCUT2D eigenvalue weighted by atomic mass is 9.45. The van der Waals surface area contributed by atoms with E-state index in [-0.39, 0.29) is 6.10 Å².